The van der Waals surface area contributed by atoms with Crippen LogP contribution in [0.1, 0.15) is 0 Å². The molecular formula is C15H11ClN2O4. The van der Waals surface area contributed by atoms with Crippen LogP contribution < -0.4 is 19.7 Å². The summed E-state index contributed by atoms with van der Waals surface area (Å²) in [4.78, 5) is 24.4. The first-order chi connectivity index (χ1) is 10.7. The molecule has 0 bridgehead atoms. The van der Waals surface area contributed by atoms with Crippen LogP contribution >= 0.6 is 11.6 Å². The maximum atomic E-state index is 12.2. The van der Waals surface area contributed by atoms with Crippen molar-refractivity contribution in [3.8, 4) is 11.5 Å². The first kappa shape index (κ1) is 14.2. The number of anilines is 2. The Morgan fingerprint density at radius 3 is 2.77 bits per heavy atom. The summed E-state index contributed by atoms with van der Waals surface area (Å²) < 4.78 is 10.4. The van der Waals surface area contributed by atoms with Crippen LogP contribution in [0.3, 0.4) is 0 Å². The van der Waals surface area contributed by atoms with Crippen LogP contribution in [0, 0.1) is 0 Å². The number of carbonyl (C=O) groups is 2. The molecular weight excluding hydrogens is 308 g/mol. The van der Waals surface area contributed by atoms with Gasteiger partial charge in [0.1, 0.15) is 0 Å². The number of halogens is 1. The van der Waals surface area contributed by atoms with Gasteiger partial charge in [-0.2, -0.15) is 0 Å². The second-order valence-electron chi connectivity index (χ2n) is 4.45. The molecule has 1 aliphatic rings. The van der Waals surface area contributed by atoms with Gasteiger partial charge >= 0.3 is 6.03 Å². The first-order valence-corrected chi connectivity index (χ1v) is 6.76. The molecule has 1 N–H and O–H groups in total. The molecule has 0 saturated heterocycles. The Hall–Kier alpha value is -2.73. The second kappa shape index (κ2) is 5.95. The number of rotatable bonds is 3. The van der Waals surface area contributed by atoms with Gasteiger partial charge in [-0.15, -0.1) is 0 Å². The first-order valence-electron chi connectivity index (χ1n) is 6.38. The summed E-state index contributed by atoms with van der Waals surface area (Å²) in [5.74, 6) is 1.06. The van der Waals surface area contributed by atoms with Crippen LogP contribution in [0.5, 0.6) is 11.5 Å². The third-order valence-corrected chi connectivity index (χ3v) is 3.27. The zero-order chi connectivity index (χ0) is 15.5. The Labute approximate surface area is 131 Å². The van der Waals surface area contributed by atoms with Gasteiger partial charge in [0.25, 0.3) is 0 Å². The van der Waals surface area contributed by atoms with E-state index in [4.69, 9.17) is 21.1 Å². The Morgan fingerprint density at radius 1 is 1.18 bits per heavy atom. The Balaban J connectivity index is 1.81. The number of ether oxygens (including phenoxy) is 2. The van der Waals surface area contributed by atoms with Crippen molar-refractivity contribution in [2.24, 2.45) is 0 Å². The molecule has 2 aromatic rings. The third kappa shape index (κ3) is 2.82. The fourth-order valence-corrected chi connectivity index (χ4v) is 2.20. The number of urea groups is 1. The standard InChI is InChI=1S/C15H11ClN2O4/c16-10-2-1-3-11(6-10)17-15(20)18(8-19)12-4-5-13-14(7-12)22-9-21-13/h1-8H,9H2,(H,17,20). The van der Waals surface area contributed by atoms with E-state index in [9.17, 15) is 9.59 Å². The summed E-state index contributed by atoms with van der Waals surface area (Å²) >= 11 is 5.86. The van der Waals surface area contributed by atoms with E-state index in [2.05, 4.69) is 5.32 Å². The van der Waals surface area contributed by atoms with Crippen LogP contribution in [0.25, 0.3) is 0 Å². The Morgan fingerprint density at radius 2 is 2.00 bits per heavy atom. The van der Waals surface area contributed by atoms with Crippen molar-refractivity contribution in [1.82, 2.24) is 0 Å². The Bertz CT molecular complexity index is 735. The summed E-state index contributed by atoms with van der Waals surface area (Å²) in [6.45, 7) is 0.120. The molecule has 0 saturated carbocycles. The lowest BCUT2D eigenvalue weighted by molar-refractivity contribution is -0.106. The van der Waals surface area contributed by atoms with Gasteiger partial charge in [0.2, 0.25) is 13.2 Å². The minimum absolute atomic E-state index is 0.120. The molecule has 0 fully saturated rings. The minimum Gasteiger partial charge on any atom is -0.454 e. The fraction of sp³-hybridized carbons (Fsp3) is 0.0667. The van der Waals surface area contributed by atoms with Crippen molar-refractivity contribution in [1.29, 1.82) is 0 Å². The van der Waals surface area contributed by atoms with E-state index in [-0.39, 0.29) is 6.79 Å². The number of nitrogens with zero attached hydrogens (tertiary/aromatic N) is 1. The van der Waals surface area contributed by atoms with Gasteiger partial charge in [-0.3, -0.25) is 4.79 Å². The SMILES string of the molecule is O=CN(C(=O)Nc1cccc(Cl)c1)c1ccc2c(c1)OCO2. The molecule has 2 aromatic carbocycles. The summed E-state index contributed by atoms with van der Waals surface area (Å²) in [6, 6.07) is 10.8. The molecule has 1 heterocycles. The molecule has 1 aliphatic heterocycles. The summed E-state index contributed by atoms with van der Waals surface area (Å²) in [5.41, 5.74) is 0.865. The average molecular weight is 319 g/mol. The number of benzene rings is 2. The second-order valence-corrected chi connectivity index (χ2v) is 4.89. The van der Waals surface area contributed by atoms with Gasteiger partial charge in [0, 0.05) is 16.8 Å². The summed E-state index contributed by atoms with van der Waals surface area (Å²) in [5, 5.41) is 3.08. The maximum absolute atomic E-state index is 12.2. The zero-order valence-electron chi connectivity index (χ0n) is 11.3. The predicted octanol–water partition coefficient (Wildman–Crippen LogP) is 3.26. The lowest BCUT2D eigenvalue weighted by Gasteiger charge is -2.17. The normalized spacial score (nSPS) is 11.9. The van der Waals surface area contributed by atoms with Gasteiger partial charge in [-0.1, -0.05) is 17.7 Å². The van der Waals surface area contributed by atoms with Crippen molar-refractivity contribution < 1.29 is 19.1 Å². The molecule has 7 heteroatoms. The van der Waals surface area contributed by atoms with Crippen LogP contribution in [-0.2, 0) is 4.79 Å². The van der Waals surface area contributed by atoms with Crippen molar-refractivity contribution in [3.63, 3.8) is 0 Å². The molecule has 112 valence electrons. The highest BCUT2D eigenvalue weighted by Gasteiger charge is 2.20. The van der Waals surface area contributed by atoms with Gasteiger partial charge in [-0.05, 0) is 30.3 Å². The molecule has 0 atom stereocenters. The smallest absolute Gasteiger partial charge is 0.332 e. The Kier molecular flexibility index (Phi) is 3.84. The van der Waals surface area contributed by atoms with Gasteiger partial charge < -0.3 is 14.8 Å². The quantitative estimate of drug-likeness (QED) is 0.882. The predicted molar refractivity (Wildman–Crippen MR) is 81.6 cm³/mol. The molecule has 0 aliphatic carbocycles. The number of hydrogen-bond donors (Lipinski definition) is 1. The van der Waals surface area contributed by atoms with Crippen molar-refractivity contribution in [2.45, 2.75) is 0 Å². The highest BCUT2D eigenvalue weighted by Crippen LogP contribution is 2.35. The molecule has 0 aromatic heterocycles. The third-order valence-electron chi connectivity index (χ3n) is 3.03. The highest BCUT2D eigenvalue weighted by molar-refractivity contribution is 6.31. The molecule has 3 amide bonds. The van der Waals surface area contributed by atoms with Gasteiger partial charge in [0.15, 0.2) is 11.5 Å². The number of nitrogens with one attached hydrogen (secondary N) is 1. The molecule has 6 nitrogen and oxygen atoms in total. The summed E-state index contributed by atoms with van der Waals surface area (Å²) in [7, 11) is 0. The van der Waals surface area contributed by atoms with Crippen molar-refractivity contribution in [2.75, 3.05) is 17.0 Å². The fourth-order valence-electron chi connectivity index (χ4n) is 2.01. The maximum Gasteiger partial charge on any atom is 0.332 e. The van der Waals surface area contributed by atoms with E-state index in [1.165, 1.54) is 0 Å². The number of hydrogen-bond acceptors (Lipinski definition) is 4. The van der Waals surface area contributed by atoms with E-state index in [1.54, 1.807) is 42.5 Å². The van der Waals surface area contributed by atoms with E-state index in [1.807, 2.05) is 0 Å². The molecule has 22 heavy (non-hydrogen) atoms. The van der Waals surface area contributed by atoms with Crippen LogP contribution in [0.15, 0.2) is 42.5 Å². The monoisotopic (exact) mass is 318 g/mol. The van der Waals surface area contributed by atoms with Gasteiger partial charge in [-0.25, -0.2) is 9.69 Å². The minimum atomic E-state index is -0.601. The largest absolute Gasteiger partial charge is 0.454 e. The van der Waals surface area contributed by atoms with Crippen LogP contribution in [-0.4, -0.2) is 19.2 Å². The highest BCUT2D eigenvalue weighted by atomic mass is 35.5. The van der Waals surface area contributed by atoms with Crippen LogP contribution in [0.4, 0.5) is 16.2 Å². The van der Waals surface area contributed by atoms with E-state index < -0.39 is 6.03 Å². The number of fused-ring (bicyclic) bond motifs is 1. The van der Waals surface area contributed by atoms with Crippen molar-refractivity contribution in [3.05, 3.63) is 47.5 Å². The van der Waals surface area contributed by atoms with Crippen LogP contribution in [0.2, 0.25) is 5.02 Å². The van der Waals surface area contributed by atoms with E-state index in [0.29, 0.717) is 34.3 Å². The van der Waals surface area contributed by atoms with E-state index >= 15 is 0 Å². The van der Waals surface area contributed by atoms with E-state index in [0.717, 1.165) is 4.90 Å². The topological polar surface area (TPSA) is 67.9 Å². The lowest BCUT2D eigenvalue weighted by atomic mass is 10.2. The molecule has 0 spiro atoms. The summed E-state index contributed by atoms with van der Waals surface area (Å²) in [6.07, 6.45) is 0.428. The average Bonchev–Trinajstić information content (AvgIpc) is 2.95. The number of carbonyl (C=O) groups excluding carboxylic acids is 2. The zero-order valence-corrected chi connectivity index (χ0v) is 12.0. The van der Waals surface area contributed by atoms with Crippen molar-refractivity contribution >= 4 is 35.4 Å². The number of amides is 3. The molecule has 3 rings (SSSR count). The lowest BCUT2D eigenvalue weighted by Crippen LogP contribution is -2.33. The number of imide groups is 1. The van der Waals surface area contributed by atoms with Gasteiger partial charge in [0.05, 0.1) is 5.69 Å². The molecule has 0 radical (unpaired) electrons. The molecule has 0 unspecified atom stereocenters.